The lowest BCUT2D eigenvalue weighted by Crippen LogP contribution is -1.91. The lowest BCUT2D eigenvalue weighted by Gasteiger charge is -2.03. The summed E-state index contributed by atoms with van der Waals surface area (Å²) in [6.45, 7) is 1.87. The molecule has 0 amide bonds. The second-order valence-electron chi connectivity index (χ2n) is 4.27. The highest BCUT2D eigenvalue weighted by atomic mass is 32.1. The third-order valence-corrected chi connectivity index (χ3v) is 3.59. The summed E-state index contributed by atoms with van der Waals surface area (Å²) >= 11 is 1.47. The molecule has 20 heavy (non-hydrogen) atoms. The van der Waals surface area contributed by atoms with Gasteiger partial charge in [-0.05, 0) is 24.6 Å². The normalized spacial score (nSPS) is 10.9. The van der Waals surface area contributed by atoms with Gasteiger partial charge in [-0.15, -0.1) is 11.3 Å². The molecule has 0 unspecified atom stereocenters. The summed E-state index contributed by atoms with van der Waals surface area (Å²) in [4.78, 5) is 4.33. The largest absolute Gasteiger partial charge is 0.382 e. The number of hydrogen-bond acceptors (Lipinski definition) is 4. The van der Waals surface area contributed by atoms with Gasteiger partial charge in [-0.1, -0.05) is 0 Å². The highest BCUT2D eigenvalue weighted by Gasteiger charge is 2.18. The lowest BCUT2D eigenvalue weighted by molar-refractivity contribution is 0.584. The van der Waals surface area contributed by atoms with Gasteiger partial charge in [-0.3, -0.25) is 5.10 Å². The van der Waals surface area contributed by atoms with Gasteiger partial charge < -0.3 is 5.73 Å². The first-order valence-corrected chi connectivity index (χ1v) is 6.65. The molecule has 0 saturated carbocycles. The highest BCUT2D eigenvalue weighted by molar-refractivity contribution is 7.09. The molecule has 3 rings (SSSR count). The minimum absolute atomic E-state index is 0.177. The van der Waals surface area contributed by atoms with E-state index < -0.39 is 11.6 Å². The summed E-state index contributed by atoms with van der Waals surface area (Å²) in [7, 11) is 0. The molecule has 0 fully saturated rings. The number of hydrogen-bond donors (Lipinski definition) is 2. The predicted octanol–water partition coefficient (Wildman–Crippen LogP) is 3.37. The number of rotatable bonds is 2. The van der Waals surface area contributed by atoms with Crippen molar-refractivity contribution in [3.05, 3.63) is 40.2 Å². The van der Waals surface area contributed by atoms with E-state index in [1.54, 1.807) is 0 Å². The van der Waals surface area contributed by atoms with E-state index in [-0.39, 0.29) is 5.82 Å². The van der Waals surface area contributed by atoms with E-state index >= 15 is 0 Å². The molecule has 3 N–H and O–H groups in total. The average Bonchev–Trinajstić information content (AvgIpc) is 2.94. The van der Waals surface area contributed by atoms with Crippen LogP contribution in [0.1, 0.15) is 5.01 Å². The molecule has 0 aliphatic heterocycles. The number of thiazole rings is 1. The van der Waals surface area contributed by atoms with Crippen molar-refractivity contribution in [2.24, 2.45) is 0 Å². The zero-order valence-corrected chi connectivity index (χ0v) is 11.3. The number of aromatic nitrogens is 3. The molecule has 7 heteroatoms. The number of nitrogen functional groups attached to an aromatic ring is 1. The first kappa shape index (κ1) is 12.7. The van der Waals surface area contributed by atoms with Crippen LogP contribution in [0.25, 0.3) is 22.5 Å². The van der Waals surface area contributed by atoms with Crippen LogP contribution in [0.15, 0.2) is 23.6 Å². The van der Waals surface area contributed by atoms with Crippen LogP contribution in [-0.4, -0.2) is 15.2 Å². The molecule has 0 aliphatic rings. The van der Waals surface area contributed by atoms with Crippen molar-refractivity contribution in [2.45, 2.75) is 6.92 Å². The first-order valence-electron chi connectivity index (χ1n) is 5.77. The Balaban J connectivity index is 2.21. The van der Waals surface area contributed by atoms with E-state index in [0.717, 1.165) is 11.1 Å². The van der Waals surface area contributed by atoms with Crippen molar-refractivity contribution in [1.82, 2.24) is 15.2 Å². The van der Waals surface area contributed by atoms with Gasteiger partial charge in [0.05, 0.1) is 22.0 Å². The van der Waals surface area contributed by atoms with Crippen LogP contribution in [0.2, 0.25) is 0 Å². The van der Waals surface area contributed by atoms with Crippen LogP contribution in [0.4, 0.5) is 14.6 Å². The van der Waals surface area contributed by atoms with Crippen molar-refractivity contribution < 1.29 is 8.78 Å². The van der Waals surface area contributed by atoms with Crippen LogP contribution in [0.3, 0.4) is 0 Å². The fourth-order valence-electron chi connectivity index (χ4n) is 2.01. The SMILES string of the molecule is Cc1nc(-c2[nH]nc(N)c2-c2cc(F)cc(F)c2)cs1. The molecule has 0 aliphatic carbocycles. The standard InChI is InChI=1S/C13H10F2N4S/c1-6-17-10(5-20-6)12-11(13(16)19-18-12)7-2-8(14)4-9(15)3-7/h2-5H,1H3,(H3,16,18,19). The predicted molar refractivity (Wildman–Crippen MR) is 74.2 cm³/mol. The second-order valence-corrected chi connectivity index (χ2v) is 5.33. The quantitative estimate of drug-likeness (QED) is 0.761. The van der Waals surface area contributed by atoms with E-state index in [9.17, 15) is 8.78 Å². The molecular weight excluding hydrogens is 282 g/mol. The number of nitrogens with zero attached hydrogens (tertiary/aromatic N) is 2. The fourth-order valence-corrected chi connectivity index (χ4v) is 2.61. The summed E-state index contributed by atoms with van der Waals surface area (Å²) in [6.07, 6.45) is 0. The minimum Gasteiger partial charge on any atom is -0.382 e. The Bertz CT molecular complexity index is 758. The molecule has 2 aromatic heterocycles. The van der Waals surface area contributed by atoms with E-state index in [4.69, 9.17) is 5.73 Å². The molecule has 0 spiro atoms. The van der Waals surface area contributed by atoms with Gasteiger partial charge in [0.15, 0.2) is 5.82 Å². The monoisotopic (exact) mass is 292 g/mol. The third-order valence-electron chi connectivity index (χ3n) is 2.82. The maximum absolute atomic E-state index is 13.4. The molecule has 0 saturated heterocycles. The van der Waals surface area contributed by atoms with Gasteiger partial charge in [0.2, 0.25) is 0 Å². The van der Waals surface area contributed by atoms with Gasteiger partial charge in [0.1, 0.15) is 11.6 Å². The molecular formula is C13H10F2N4S. The summed E-state index contributed by atoms with van der Waals surface area (Å²) in [5, 5.41) is 9.39. The number of nitrogens with one attached hydrogen (secondary N) is 1. The summed E-state index contributed by atoms with van der Waals surface area (Å²) in [5.74, 6) is -1.15. The maximum atomic E-state index is 13.4. The Morgan fingerprint density at radius 3 is 2.50 bits per heavy atom. The Morgan fingerprint density at radius 2 is 1.90 bits per heavy atom. The highest BCUT2D eigenvalue weighted by Crippen LogP contribution is 2.35. The van der Waals surface area contributed by atoms with Gasteiger partial charge in [-0.2, -0.15) is 5.10 Å². The van der Waals surface area contributed by atoms with Crippen molar-refractivity contribution in [1.29, 1.82) is 0 Å². The summed E-state index contributed by atoms with van der Waals surface area (Å²) in [5.41, 5.74) is 7.79. The molecule has 102 valence electrons. The Hall–Kier alpha value is -2.28. The number of anilines is 1. The average molecular weight is 292 g/mol. The topological polar surface area (TPSA) is 67.6 Å². The van der Waals surface area contributed by atoms with Crippen molar-refractivity contribution in [3.63, 3.8) is 0 Å². The number of benzene rings is 1. The van der Waals surface area contributed by atoms with E-state index in [2.05, 4.69) is 15.2 Å². The summed E-state index contributed by atoms with van der Waals surface area (Å²) in [6, 6.07) is 3.24. The molecule has 0 radical (unpaired) electrons. The molecule has 0 bridgehead atoms. The molecule has 1 aromatic carbocycles. The Kier molecular flexibility index (Phi) is 2.98. The number of nitrogens with two attached hydrogens (primary N) is 1. The van der Waals surface area contributed by atoms with Gasteiger partial charge >= 0.3 is 0 Å². The number of halogens is 2. The lowest BCUT2D eigenvalue weighted by atomic mass is 10.0. The summed E-state index contributed by atoms with van der Waals surface area (Å²) < 4.78 is 26.7. The van der Waals surface area contributed by atoms with Crippen LogP contribution in [-0.2, 0) is 0 Å². The van der Waals surface area contributed by atoms with Crippen LogP contribution < -0.4 is 5.73 Å². The van der Waals surface area contributed by atoms with Crippen LogP contribution in [0.5, 0.6) is 0 Å². The molecule has 3 aromatic rings. The van der Waals surface area contributed by atoms with Gasteiger partial charge in [0.25, 0.3) is 0 Å². The van der Waals surface area contributed by atoms with Crippen molar-refractivity contribution >= 4 is 17.2 Å². The number of H-pyrrole nitrogens is 1. The molecule has 0 atom stereocenters. The minimum atomic E-state index is -0.666. The molecule has 2 heterocycles. The van der Waals surface area contributed by atoms with Crippen LogP contribution >= 0.6 is 11.3 Å². The van der Waals surface area contributed by atoms with Crippen molar-refractivity contribution in [2.75, 3.05) is 5.73 Å². The third kappa shape index (κ3) is 2.16. The maximum Gasteiger partial charge on any atom is 0.153 e. The van der Waals surface area contributed by atoms with Crippen molar-refractivity contribution in [3.8, 4) is 22.5 Å². The van der Waals surface area contributed by atoms with Crippen LogP contribution in [0, 0.1) is 18.6 Å². The van der Waals surface area contributed by atoms with E-state index in [1.165, 1.54) is 23.5 Å². The van der Waals surface area contributed by atoms with E-state index in [0.29, 0.717) is 22.5 Å². The van der Waals surface area contributed by atoms with Gasteiger partial charge in [0, 0.05) is 11.4 Å². The molecule has 4 nitrogen and oxygen atoms in total. The number of aromatic amines is 1. The van der Waals surface area contributed by atoms with E-state index in [1.807, 2.05) is 12.3 Å². The first-order chi connectivity index (χ1) is 9.54. The smallest absolute Gasteiger partial charge is 0.153 e. The fraction of sp³-hybridized carbons (Fsp3) is 0.0769. The second kappa shape index (κ2) is 4.68. The Labute approximate surface area is 117 Å². The number of aryl methyl sites for hydroxylation is 1. The van der Waals surface area contributed by atoms with Gasteiger partial charge in [-0.25, -0.2) is 13.8 Å². The zero-order chi connectivity index (χ0) is 14.3. The zero-order valence-electron chi connectivity index (χ0n) is 10.4. The Morgan fingerprint density at radius 1 is 1.20 bits per heavy atom.